The molecule has 0 amide bonds. The van der Waals surface area contributed by atoms with E-state index >= 15 is 0 Å². The smallest absolute Gasteiger partial charge is 0.351 e. The molecule has 1 aliphatic rings. The van der Waals surface area contributed by atoms with E-state index in [0.717, 1.165) is 12.8 Å². The Morgan fingerprint density at radius 3 is 2.55 bits per heavy atom. The Morgan fingerprint density at radius 1 is 1.18 bits per heavy atom. The lowest BCUT2D eigenvalue weighted by Gasteiger charge is -2.21. The molecule has 0 unspecified atom stereocenters. The Hall–Kier alpha value is -1.80. The van der Waals surface area contributed by atoms with E-state index in [-0.39, 0.29) is 18.3 Å². The molecular weight excluding hydrogens is 280 g/mol. The van der Waals surface area contributed by atoms with Crippen molar-refractivity contribution in [2.24, 2.45) is 0 Å². The topological polar surface area (TPSA) is 53.4 Å². The lowest BCUT2D eigenvalue weighted by molar-refractivity contribution is 0.239. The summed E-state index contributed by atoms with van der Waals surface area (Å²) in [5.41, 5.74) is -0.229. The van der Waals surface area contributed by atoms with Crippen LogP contribution in [0.25, 0.3) is 0 Å². The summed E-state index contributed by atoms with van der Waals surface area (Å²) in [7, 11) is 1.59. The number of rotatable bonds is 4. The minimum absolute atomic E-state index is 0.212. The van der Waals surface area contributed by atoms with E-state index in [1.54, 1.807) is 23.9 Å². The van der Waals surface area contributed by atoms with Crippen LogP contribution in [0.4, 0.5) is 0 Å². The molecule has 0 aliphatic heterocycles. The molecule has 1 aliphatic carbocycles. The van der Waals surface area contributed by atoms with Gasteiger partial charge in [0.2, 0.25) is 5.88 Å². The van der Waals surface area contributed by atoms with Crippen molar-refractivity contribution < 1.29 is 9.47 Å². The van der Waals surface area contributed by atoms with E-state index in [4.69, 9.17) is 9.47 Å². The van der Waals surface area contributed by atoms with E-state index < -0.39 is 0 Å². The summed E-state index contributed by atoms with van der Waals surface area (Å²) in [6.45, 7) is 0.587. The number of hydrogen-bond acceptors (Lipinski definition) is 4. The van der Waals surface area contributed by atoms with Crippen LogP contribution in [0.15, 0.2) is 17.1 Å². The van der Waals surface area contributed by atoms with Crippen LogP contribution in [0.5, 0.6) is 5.88 Å². The molecule has 5 nitrogen and oxygen atoms in total. The highest BCUT2D eigenvalue weighted by Crippen LogP contribution is 2.25. The molecule has 1 saturated carbocycles. The van der Waals surface area contributed by atoms with Crippen LogP contribution < -0.4 is 10.4 Å². The van der Waals surface area contributed by atoms with Gasteiger partial charge in [-0.25, -0.2) is 4.79 Å². The predicted molar refractivity (Wildman–Crippen MR) is 85.0 cm³/mol. The highest BCUT2D eigenvalue weighted by molar-refractivity contribution is 5.09. The molecule has 0 N–H and O–H groups in total. The third kappa shape index (κ3) is 5.19. The predicted octanol–water partition coefficient (Wildman–Crippen LogP) is 2.56. The van der Waals surface area contributed by atoms with E-state index in [1.807, 2.05) is 0 Å². The maximum absolute atomic E-state index is 12.2. The van der Waals surface area contributed by atoms with Crippen molar-refractivity contribution in [1.29, 1.82) is 0 Å². The fraction of sp³-hybridized carbons (Fsp3) is 0.647. The second-order valence-electron chi connectivity index (χ2n) is 5.53. The third-order valence-electron chi connectivity index (χ3n) is 3.91. The molecule has 1 heterocycles. The molecule has 1 fully saturated rings. The third-order valence-corrected chi connectivity index (χ3v) is 3.91. The molecule has 0 atom stereocenters. The van der Waals surface area contributed by atoms with Crippen molar-refractivity contribution >= 4 is 0 Å². The zero-order valence-electron chi connectivity index (χ0n) is 13.2. The van der Waals surface area contributed by atoms with Crippen LogP contribution >= 0.6 is 0 Å². The molecule has 2 rings (SSSR count). The van der Waals surface area contributed by atoms with Crippen molar-refractivity contribution in [3.8, 4) is 17.7 Å². The van der Waals surface area contributed by atoms with Crippen LogP contribution in [-0.2, 0) is 4.74 Å². The zero-order chi connectivity index (χ0) is 15.6. The van der Waals surface area contributed by atoms with Gasteiger partial charge in [-0.3, -0.25) is 4.57 Å². The largest absolute Gasteiger partial charge is 0.464 e. The number of ether oxygens (including phenoxy) is 2. The molecule has 0 aromatic carbocycles. The summed E-state index contributed by atoms with van der Waals surface area (Å²) in [5, 5.41) is 0. The average molecular weight is 304 g/mol. The summed E-state index contributed by atoms with van der Waals surface area (Å²) in [6.07, 6.45) is 10.1. The van der Waals surface area contributed by atoms with Gasteiger partial charge in [-0.15, -0.1) is 0 Å². The first-order valence-corrected chi connectivity index (χ1v) is 7.98. The average Bonchev–Trinajstić information content (AvgIpc) is 2.48. The van der Waals surface area contributed by atoms with E-state index in [9.17, 15) is 4.79 Å². The van der Waals surface area contributed by atoms with Crippen LogP contribution in [0.3, 0.4) is 0 Å². The first kappa shape index (κ1) is 16.6. The standard InChI is InChI=1S/C17H24N2O3/c1-21-13-7-8-14-22-16-11-12-19(17(20)18-16)15-9-5-3-2-4-6-10-15/h11-12,15H,2-6,9-10,13-14H2,1H3. The van der Waals surface area contributed by atoms with Gasteiger partial charge < -0.3 is 9.47 Å². The molecule has 0 spiro atoms. The molecule has 1 aromatic heterocycles. The lowest BCUT2D eigenvalue weighted by atomic mass is 9.96. The van der Waals surface area contributed by atoms with Crippen molar-refractivity contribution in [1.82, 2.24) is 9.55 Å². The number of hydrogen-bond donors (Lipinski definition) is 0. The lowest BCUT2D eigenvalue weighted by Crippen LogP contribution is -2.27. The minimum Gasteiger partial charge on any atom is -0.464 e. The zero-order valence-corrected chi connectivity index (χ0v) is 13.2. The molecule has 120 valence electrons. The summed E-state index contributed by atoms with van der Waals surface area (Å²) in [4.78, 5) is 16.2. The van der Waals surface area contributed by atoms with Crippen LogP contribution in [0.1, 0.15) is 51.0 Å². The minimum atomic E-state index is -0.229. The number of nitrogens with zero attached hydrogens (tertiary/aromatic N) is 2. The second kappa shape index (κ2) is 9.26. The van der Waals surface area contributed by atoms with Gasteiger partial charge in [0.25, 0.3) is 0 Å². The highest BCUT2D eigenvalue weighted by atomic mass is 16.5. The normalized spacial score (nSPS) is 16.2. The SMILES string of the molecule is COCC#CCOc1ccn(C2CCCCCCC2)c(=O)n1. The molecule has 1 aromatic rings. The van der Waals surface area contributed by atoms with Gasteiger partial charge in [-0.2, -0.15) is 4.98 Å². The van der Waals surface area contributed by atoms with Gasteiger partial charge in [-0.05, 0) is 12.8 Å². The van der Waals surface area contributed by atoms with Crippen molar-refractivity contribution in [3.05, 3.63) is 22.7 Å². The summed E-state index contributed by atoms with van der Waals surface area (Å²) < 4.78 is 11.9. The molecule has 22 heavy (non-hydrogen) atoms. The number of methoxy groups -OCH3 is 1. The summed E-state index contributed by atoms with van der Waals surface area (Å²) in [6, 6.07) is 2.02. The fourth-order valence-electron chi connectivity index (χ4n) is 2.75. The van der Waals surface area contributed by atoms with Gasteiger partial charge in [0.05, 0.1) is 0 Å². The Bertz CT molecular complexity index is 563. The maximum atomic E-state index is 12.2. The molecule has 5 heteroatoms. The maximum Gasteiger partial charge on any atom is 0.351 e. The van der Waals surface area contributed by atoms with E-state index in [1.165, 1.54) is 32.1 Å². The molecule has 0 radical (unpaired) electrons. The first-order valence-electron chi connectivity index (χ1n) is 7.98. The van der Waals surface area contributed by atoms with Gasteiger partial charge in [-0.1, -0.05) is 43.9 Å². The van der Waals surface area contributed by atoms with E-state index in [2.05, 4.69) is 16.8 Å². The van der Waals surface area contributed by atoms with Crippen LogP contribution in [-0.4, -0.2) is 29.9 Å². The Morgan fingerprint density at radius 2 is 1.86 bits per heavy atom. The highest BCUT2D eigenvalue weighted by Gasteiger charge is 2.15. The van der Waals surface area contributed by atoms with Gasteiger partial charge in [0.1, 0.15) is 6.61 Å². The molecular formula is C17H24N2O3. The first-order chi connectivity index (χ1) is 10.8. The van der Waals surface area contributed by atoms with Crippen molar-refractivity contribution in [3.63, 3.8) is 0 Å². The van der Waals surface area contributed by atoms with Crippen LogP contribution in [0.2, 0.25) is 0 Å². The Balaban J connectivity index is 1.96. The summed E-state index contributed by atoms with van der Waals surface area (Å²) >= 11 is 0. The van der Waals surface area contributed by atoms with Gasteiger partial charge in [0.15, 0.2) is 6.61 Å². The number of aromatic nitrogens is 2. The Labute approximate surface area is 131 Å². The van der Waals surface area contributed by atoms with Crippen molar-refractivity contribution in [2.45, 2.75) is 51.0 Å². The monoisotopic (exact) mass is 304 g/mol. The summed E-state index contributed by atoms with van der Waals surface area (Å²) in [5.74, 6) is 5.92. The van der Waals surface area contributed by atoms with Gasteiger partial charge in [0, 0.05) is 25.4 Å². The molecule has 0 bridgehead atoms. The van der Waals surface area contributed by atoms with E-state index in [0.29, 0.717) is 12.5 Å². The Kier molecular flexibility index (Phi) is 6.98. The van der Waals surface area contributed by atoms with Gasteiger partial charge >= 0.3 is 5.69 Å². The van der Waals surface area contributed by atoms with Crippen LogP contribution in [0, 0.1) is 11.8 Å². The molecule has 0 saturated heterocycles. The fourth-order valence-corrected chi connectivity index (χ4v) is 2.75. The quantitative estimate of drug-likeness (QED) is 0.802. The van der Waals surface area contributed by atoms with Crippen molar-refractivity contribution in [2.75, 3.05) is 20.3 Å². The second-order valence-corrected chi connectivity index (χ2v) is 5.53.